The minimum absolute atomic E-state index is 0.00134. The van der Waals surface area contributed by atoms with Crippen molar-refractivity contribution in [1.82, 2.24) is 15.3 Å². The molecule has 0 aliphatic heterocycles. The van der Waals surface area contributed by atoms with Crippen molar-refractivity contribution in [3.8, 4) is 0 Å². The molecule has 100 valence electrons. The predicted molar refractivity (Wildman–Crippen MR) is 66.6 cm³/mol. The highest BCUT2D eigenvalue weighted by Gasteiger charge is 2.34. The van der Waals surface area contributed by atoms with Gasteiger partial charge in [-0.1, -0.05) is 0 Å². The number of aliphatic hydroxyl groups excluding tert-OH is 1. The van der Waals surface area contributed by atoms with Crippen LogP contribution in [0.1, 0.15) is 25.1 Å². The summed E-state index contributed by atoms with van der Waals surface area (Å²) in [5, 5.41) is 12.4. The van der Waals surface area contributed by atoms with Gasteiger partial charge in [-0.3, -0.25) is 4.79 Å². The van der Waals surface area contributed by atoms with E-state index >= 15 is 0 Å². The Bertz CT molecular complexity index is 369. The van der Waals surface area contributed by atoms with Crippen LogP contribution >= 0.6 is 0 Å². The molecular weight excluding hydrogens is 232 g/mol. The fourth-order valence-corrected chi connectivity index (χ4v) is 2.31. The normalized spacial score (nSPS) is 27.3. The number of H-pyrrole nitrogens is 1. The molecule has 1 aromatic heterocycles. The van der Waals surface area contributed by atoms with Gasteiger partial charge >= 0.3 is 0 Å². The molecule has 5 N–H and O–H groups in total. The van der Waals surface area contributed by atoms with E-state index in [0.29, 0.717) is 19.4 Å². The molecule has 1 saturated carbocycles. The number of nitrogens with two attached hydrogens (primary N) is 1. The molecule has 0 radical (unpaired) electrons. The number of hydrogen-bond acceptors (Lipinski definition) is 4. The Morgan fingerprint density at radius 1 is 1.61 bits per heavy atom. The zero-order valence-electron chi connectivity index (χ0n) is 10.3. The minimum atomic E-state index is -0.538. The van der Waals surface area contributed by atoms with Crippen LogP contribution in [0, 0.1) is 5.92 Å². The van der Waals surface area contributed by atoms with Crippen molar-refractivity contribution in [1.29, 1.82) is 0 Å². The molecule has 18 heavy (non-hydrogen) atoms. The Morgan fingerprint density at radius 3 is 3.06 bits per heavy atom. The van der Waals surface area contributed by atoms with Crippen LogP contribution in [0.15, 0.2) is 12.4 Å². The van der Waals surface area contributed by atoms with Crippen molar-refractivity contribution in [3.63, 3.8) is 0 Å². The van der Waals surface area contributed by atoms with E-state index in [1.54, 1.807) is 12.4 Å². The van der Waals surface area contributed by atoms with E-state index in [2.05, 4.69) is 15.3 Å². The zero-order chi connectivity index (χ0) is 13.0. The third-order valence-electron chi connectivity index (χ3n) is 3.39. The van der Waals surface area contributed by atoms with E-state index in [1.165, 1.54) is 0 Å². The maximum atomic E-state index is 11.8. The Balaban J connectivity index is 1.63. The lowest BCUT2D eigenvalue weighted by Gasteiger charge is -2.09. The Kier molecular flexibility index (Phi) is 4.33. The number of nitrogens with one attached hydrogen (secondary N) is 2. The minimum Gasteiger partial charge on any atom is -0.391 e. The summed E-state index contributed by atoms with van der Waals surface area (Å²) in [6.07, 6.45) is 5.69. The molecule has 1 fully saturated rings. The molecule has 0 spiro atoms. The molecule has 1 amide bonds. The van der Waals surface area contributed by atoms with Crippen LogP contribution in [0.3, 0.4) is 0 Å². The second-order valence-corrected chi connectivity index (χ2v) is 4.83. The molecule has 0 unspecified atom stereocenters. The van der Waals surface area contributed by atoms with Gasteiger partial charge in [-0.25, -0.2) is 4.98 Å². The van der Waals surface area contributed by atoms with Crippen molar-refractivity contribution in [2.45, 2.75) is 37.8 Å². The number of aliphatic hydroxyl groups is 1. The number of aryl methyl sites for hydroxylation is 1. The Labute approximate surface area is 106 Å². The van der Waals surface area contributed by atoms with Gasteiger partial charge in [0, 0.05) is 37.3 Å². The smallest absolute Gasteiger partial charge is 0.223 e. The lowest BCUT2D eigenvalue weighted by atomic mass is 10.1. The summed E-state index contributed by atoms with van der Waals surface area (Å²) in [6.45, 7) is 0.626. The summed E-state index contributed by atoms with van der Waals surface area (Å²) in [4.78, 5) is 18.9. The first-order valence-corrected chi connectivity index (χ1v) is 6.36. The number of hydrogen-bond donors (Lipinski definition) is 4. The molecule has 2 rings (SSSR count). The highest BCUT2D eigenvalue weighted by atomic mass is 16.3. The van der Waals surface area contributed by atoms with Gasteiger partial charge in [0.2, 0.25) is 5.91 Å². The van der Waals surface area contributed by atoms with E-state index in [1.807, 2.05) is 0 Å². The van der Waals surface area contributed by atoms with Crippen molar-refractivity contribution >= 4 is 5.91 Å². The number of amides is 1. The summed E-state index contributed by atoms with van der Waals surface area (Å²) in [7, 11) is 0. The van der Waals surface area contributed by atoms with Crippen LogP contribution in [0.25, 0.3) is 0 Å². The van der Waals surface area contributed by atoms with Gasteiger partial charge in [0.05, 0.1) is 6.10 Å². The van der Waals surface area contributed by atoms with Gasteiger partial charge in [0.1, 0.15) is 5.82 Å². The molecule has 0 aromatic carbocycles. The fourth-order valence-electron chi connectivity index (χ4n) is 2.31. The first-order chi connectivity index (χ1) is 8.66. The van der Waals surface area contributed by atoms with E-state index in [0.717, 1.165) is 18.7 Å². The third-order valence-corrected chi connectivity index (χ3v) is 3.39. The SMILES string of the molecule is N[C@@H]1C[C@H](C(=O)NCCCc2ncc[nH]2)C[C@H]1O. The number of rotatable bonds is 5. The number of carbonyl (C=O) groups excluding carboxylic acids is 1. The number of carbonyl (C=O) groups is 1. The molecule has 3 atom stereocenters. The molecular formula is C12H20N4O2. The van der Waals surface area contributed by atoms with Gasteiger partial charge in [-0.15, -0.1) is 0 Å². The van der Waals surface area contributed by atoms with Crippen LogP contribution in [0.2, 0.25) is 0 Å². The van der Waals surface area contributed by atoms with Crippen molar-refractivity contribution in [3.05, 3.63) is 18.2 Å². The van der Waals surface area contributed by atoms with Gasteiger partial charge in [0.25, 0.3) is 0 Å². The molecule has 6 nitrogen and oxygen atoms in total. The standard InChI is InChI=1S/C12H20N4O2/c13-9-6-8(7-10(9)17)12(18)16-3-1-2-11-14-4-5-15-11/h4-5,8-10,17H,1-3,6-7,13H2,(H,14,15)(H,16,18)/t8-,9+,10+/m0/s1. The number of aromatic nitrogens is 2. The molecule has 1 aromatic rings. The summed E-state index contributed by atoms with van der Waals surface area (Å²) in [5.41, 5.74) is 5.68. The average Bonchev–Trinajstić information content (AvgIpc) is 2.96. The third kappa shape index (κ3) is 3.30. The first-order valence-electron chi connectivity index (χ1n) is 6.36. The summed E-state index contributed by atoms with van der Waals surface area (Å²) in [6, 6.07) is -0.260. The average molecular weight is 252 g/mol. The van der Waals surface area contributed by atoms with Crippen LogP contribution in [-0.2, 0) is 11.2 Å². The zero-order valence-corrected chi connectivity index (χ0v) is 10.3. The van der Waals surface area contributed by atoms with Crippen molar-refractivity contribution in [2.75, 3.05) is 6.54 Å². The second kappa shape index (κ2) is 5.97. The topological polar surface area (TPSA) is 104 Å². The van der Waals surface area contributed by atoms with Crippen molar-refractivity contribution < 1.29 is 9.90 Å². The Hall–Kier alpha value is -1.40. The summed E-state index contributed by atoms with van der Waals surface area (Å²) >= 11 is 0. The van der Waals surface area contributed by atoms with Crippen LogP contribution in [0.4, 0.5) is 0 Å². The fraction of sp³-hybridized carbons (Fsp3) is 0.667. The molecule has 1 heterocycles. The Morgan fingerprint density at radius 2 is 2.44 bits per heavy atom. The first kappa shape index (κ1) is 13.0. The van der Waals surface area contributed by atoms with Crippen LogP contribution in [0.5, 0.6) is 0 Å². The molecule has 0 bridgehead atoms. The quantitative estimate of drug-likeness (QED) is 0.533. The molecule has 0 saturated heterocycles. The van der Waals surface area contributed by atoms with Gasteiger partial charge < -0.3 is 21.1 Å². The molecule has 6 heteroatoms. The van der Waals surface area contributed by atoms with Crippen LogP contribution < -0.4 is 11.1 Å². The highest BCUT2D eigenvalue weighted by Crippen LogP contribution is 2.24. The maximum absolute atomic E-state index is 11.8. The summed E-state index contributed by atoms with van der Waals surface area (Å²) < 4.78 is 0. The van der Waals surface area contributed by atoms with E-state index in [4.69, 9.17) is 5.73 Å². The van der Waals surface area contributed by atoms with E-state index in [9.17, 15) is 9.90 Å². The molecule has 1 aliphatic carbocycles. The van der Waals surface area contributed by atoms with Gasteiger partial charge in [-0.2, -0.15) is 0 Å². The monoisotopic (exact) mass is 252 g/mol. The molecule has 1 aliphatic rings. The van der Waals surface area contributed by atoms with Gasteiger partial charge in [0.15, 0.2) is 0 Å². The lowest BCUT2D eigenvalue weighted by molar-refractivity contribution is -0.125. The summed E-state index contributed by atoms with van der Waals surface area (Å²) in [5.74, 6) is 0.794. The lowest BCUT2D eigenvalue weighted by Crippen LogP contribution is -2.31. The van der Waals surface area contributed by atoms with Crippen LogP contribution in [-0.4, -0.2) is 39.7 Å². The van der Waals surface area contributed by atoms with E-state index < -0.39 is 6.10 Å². The number of nitrogens with zero attached hydrogens (tertiary/aromatic N) is 1. The van der Waals surface area contributed by atoms with Gasteiger partial charge in [-0.05, 0) is 19.3 Å². The predicted octanol–water partition coefficient (Wildman–Crippen LogP) is -0.443. The highest BCUT2D eigenvalue weighted by molar-refractivity contribution is 5.79. The number of aromatic amines is 1. The van der Waals surface area contributed by atoms with Crippen molar-refractivity contribution in [2.24, 2.45) is 11.7 Å². The largest absolute Gasteiger partial charge is 0.391 e. The van der Waals surface area contributed by atoms with E-state index in [-0.39, 0.29) is 17.9 Å². The number of imidazole rings is 1. The maximum Gasteiger partial charge on any atom is 0.223 e. The second-order valence-electron chi connectivity index (χ2n) is 4.83.